The summed E-state index contributed by atoms with van der Waals surface area (Å²) < 4.78 is 17.3. The van der Waals surface area contributed by atoms with E-state index < -0.39 is 5.91 Å². The topological polar surface area (TPSA) is 73.1 Å². The van der Waals surface area contributed by atoms with E-state index in [0.29, 0.717) is 21.7 Å². The molecular formula is C16H14Br2N2O4. The van der Waals surface area contributed by atoms with Gasteiger partial charge in [-0.25, -0.2) is 5.43 Å². The van der Waals surface area contributed by atoms with Crippen LogP contribution in [0.1, 0.15) is 5.76 Å². The Morgan fingerprint density at radius 3 is 2.96 bits per heavy atom. The van der Waals surface area contributed by atoms with E-state index in [-0.39, 0.29) is 6.61 Å². The Bertz CT molecular complexity index is 743. The Labute approximate surface area is 155 Å². The van der Waals surface area contributed by atoms with E-state index >= 15 is 0 Å². The minimum Gasteiger partial charge on any atom is -0.493 e. The number of nitrogens with one attached hydrogen (secondary N) is 1. The summed E-state index contributed by atoms with van der Waals surface area (Å²) >= 11 is 6.72. The van der Waals surface area contributed by atoms with Crippen LogP contribution in [0.15, 0.2) is 55.1 Å². The molecule has 0 saturated heterocycles. The van der Waals surface area contributed by atoms with E-state index in [4.69, 9.17) is 13.9 Å². The summed E-state index contributed by atoms with van der Waals surface area (Å²) in [6.45, 7) is -0.199. The van der Waals surface area contributed by atoms with Crippen LogP contribution in [0.25, 0.3) is 6.08 Å². The molecule has 8 heteroatoms. The van der Waals surface area contributed by atoms with Crippen molar-refractivity contribution in [2.75, 3.05) is 13.7 Å². The van der Waals surface area contributed by atoms with E-state index in [0.717, 1.165) is 4.47 Å². The van der Waals surface area contributed by atoms with E-state index in [2.05, 4.69) is 42.4 Å². The highest BCUT2D eigenvalue weighted by atomic mass is 79.9. The molecule has 0 aliphatic heterocycles. The van der Waals surface area contributed by atoms with Gasteiger partial charge in [0.05, 0.1) is 17.8 Å². The molecule has 0 bridgehead atoms. The SMILES string of the molecule is COc1cc(Br)cc(Br)c1OCC(=O)NN=CC=Cc1ccco1. The van der Waals surface area contributed by atoms with Crippen LogP contribution >= 0.6 is 31.9 Å². The fourth-order valence-electron chi connectivity index (χ4n) is 1.67. The quantitative estimate of drug-likeness (QED) is 0.503. The predicted octanol–water partition coefficient (Wildman–Crippen LogP) is 4.01. The second kappa shape index (κ2) is 9.29. The molecule has 2 aromatic rings. The maximum atomic E-state index is 11.7. The van der Waals surface area contributed by atoms with Crippen molar-refractivity contribution in [3.8, 4) is 11.5 Å². The Hall–Kier alpha value is -2.06. The van der Waals surface area contributed by atoms with Crippen LogP contribution in [0, 0.1) is 0 Å². The number of carbonyl (C=O) groups is 1. The summed E-state index contributed by atoms with van der Waals surface area (Å²) in [5.41, 5.74) is 2.36. The zero-order valence-corrected chi connectivity index (χ0v) is 15.8. The number of ether oxygens (including phenoxy) is 2. The van der Waals surface area contributed by atoms with Crippen LogP contribution < -0.4 is 14.9 Å². The zero-order chi connectivity index (χ0) is 17.4. The molecule has 1 aromatic heterocycles. The van der Waals surface area contributed by atoms with Crippen molar-refractivity contribution >= 4 is 50.1 Å². The number of carbonyl (C=O) groups excluding carboxylic acids is 1. The fourth-order valence-corrected chi connectivity index (χ4v) is 2.98. The van der Waals surface area contributed by atoms with E-state index in [1.54, 1.807) is 42.7 Å². The highest BCUT2D eigenvalue weighted by Gasteiger charge is 2.12. The molecule has 0 spiro atoms. The van der Waals surface area contributed by atoms with E-state index in [1.165, 1.54) is 13.3 Å². The lowest BCUT2D eigenvalue weighted by Crippen LogP contribution is -2.24. The van der Waals surface area contributed by atoms with Crippen molar-refractivity contribution in [2.45, 2.75) is 0 Å². The smallest absolute Gasteiger partial charge is 0.277 e. The molecule has 0 aliphatic carbocycles. The second-order valence-electron chi connectivity index (χ2n) is 4.40. The predicted molar refractivity (Wildman–Crippen MR) is 98.3 cm³/mol. The normalized spacial score (nSPS) is 11.1. The average Bonchev–Trinajstić information content (AvgIpc) is 3.06. The Balaban J connectivity index is 1.83. The monoisotopic (exact) mass is 456 g/mol. The number of amides is 1. The Kier molecular flexibility index (Phi) is 7.07. The third-order valence-electron chi connectivity index (χ3n) is 2.70. The Morgan fingerprint density at radius 1 is 1.42 bits per heavy atom. The minimum absolute atomic E-state index is 0.199. The van der Waals surface area contributed by atoms with Gasteiger partial charge in [0, 0.05) is 10.7 Å². The van der Waals surface area contributed by atoms with Gasteiger partial charge in [-0.05, 0) is 52.3 Å². The van der Waals surface area contributed by atoms with E-state index in [1.807, 2.05) is 0 Å². The van der Waals surface area contributed by atoms with Crippen molar-refractivity contribution in [1.82, 2.24) is 5.43 Å². The number of hydrogen-bond acceptors (Lipinski definition) is 5. The molecule has 1 heterocycles. The van der Waals surface area contributed by atoms with Crippen molar-refractivity contribution < 1.29 is 18.7 Å². The molecule has 0 atom stereocenters. The maximum Gasteiger partial charge on any atom is 0.277 e. The lowest BCUT2D eigenvalue weighted by molar-refractivity contribution is -0.123. The van der Waals surface area contributed by atoms with Gasteiger partial charge in [0.2, 0.25) is 0 Å². The summed E-state index contributed by atoms with van der Waals surface area (Å²) in [7, 11) is 1.52. The van der Waals surface area contributed by atoms with Crippen molar-refractivity contribution in [1.29, 1.82) is 0 Å². The van der Waals surface area contributed by atoms with Gasteiger partial charge in [-0.2, -0.15) is 5.10 Å². The first kappa shape index (κ1) is 18.3. The van der Waals surface area contributed by atoms with Gasteiger partial charge in [-0.15, -0.1) is 0 Å². The number of furan rings is 1. The molecule has 0 unspecified atom stereocenters. The summed E-state index contributed by atoms with van der Waals surface area (Å²) in [5, 5.41) is 3.78. The van der Waals surface area contributed by atoms with Gasteiger partial charge in [0.15, 0.2) is 18.1 Å². The van der Waals surface area contributed by atoms with Crippen molar-refractivity contribution in [2.24, 2.45) is 5.10 Å². The lowest BCUT2D eigenvalue weighted by Gasteiger charge is -2.12. The summed E-state index contributed by atoms with van der Waals surface area (Å²) in [6, 6.07) is 7.13. The number of nitrogens with zero attached hydrogens (tertiary/aromatic N) is 1. The Morgan fingerprint density at radius 2 is 2.25 bits per heavy atom. The first-order chi connectivity index (χ1) is 11.6. The molecule has 2 rings (SSSR count). The number of methoxy groups -OCH3 is 1. The molecule has 24 heavy (non-hydrogen) atoms. The molecule has 6 nitrogen and oxygen atoms in total. The zero-order valence-electron chi connectivity index (χ0n) is 12.7. The van der Waals surface area contributed by atoms with Crippen molar-refractivity contribution in [3.63, 3.8) is 0 Å². The van der Waals surface area contributed by atoms with Gasteiger partial charge in [0.1, 0.15) is 5.76 Å². The van der Waals surface area contributed by atoms with Crippen LogP contribution in [0.2, 0.25) is 0 Å². The van der Waals surface area contributed by atoms with E-state index in [9.17, 15) is 4.79 Å². The fraction of sp³-hybridized carbons (Fsp3) is 0.125. The number of allylic oxidation sites excluding steroid dienone is 1. The molecule has 126 valence electrons. The molecule has 0 aliphatic rings. The van der Waals surface area contributed by atoms with Crippen molar-refractivity contribution in [3.05, 3.63) is 51.3 Å². The second-order valence-corrected chi connectivity index (χ2v) is 6.17. The number of rotatable bonds is 7. The summed E-state index contributed by atoms with van der Waals surface area (Å²) in [6.07, 6.45) is 6.38. The van der Waals surface area contributed by atoms with Crippen LogP contribution in [-0.2, 0) is 4.79 Å². The largest absolute Gasteiger partial charge is 0.493 e. The standard InChI is InChI=1S/C16H14Br2N2O4/c1-22-14-9-11(17)8-13(18)16(14)24-10-15(21)20-19-6-2-4-12-5-3-7-23-12/h2-9H,10H2,1H3,(H,20,21). The molecule has 1 amide bonds. The highest BCUT2D eigenvalue weighted by Crippen LogP contribution is 2.38. The number of benzene rings is 1. The molecule has 1 aromatic carbocycles. The van der Waals surface area contributed by atoms with Gasteiger partial charge in [-0.1, -0.05) is 15.9 Å². The summed E-state index contributed by atoms with van der Waals surface area (Å²) in [5.74, 6) is 1.25. The minimum atomic E-state index is -0.394. The van der Waals surface area contributed by atoms with Crippen LogP contribution in [0.4, 0.5) is 0 Å². The molecule has 1 N–H and O–H groups in total. The van der Waals surface area contributed by atoms with Gasteiger partial charge >= 0.3 is 0 Å². The van der Waals surface area contributed by atoms with Crippen LogP contribution in [0.5, 0.6) is 11.5 Å². The molecule has 0 fully saturated rings. The number of hydrazone groups is 1. The van der Waals surface area contributed by atoms with Gasteiger partial charge in [-0.3, -0.25) is 4.79 Å². The van der Waals surface area contributed by atoms with Gasteiger partial charge < -0.3 is 13.9 Å². The highest BCUT2D eigenvalue weighted by molar-refractivity contribution is 9.11. The summed E-state index contributed by atoms with van der Waals surface area (Å²) in [4.78, 5) is 11.7. The third-order valence-corrected chi connectivity index (χ3v) is 3.74. The lowest BCUT2D eigenvalue weighted by atomic mass is 10.3. The number of halogens is 2. The average molecular weight is 458 g/mol. The third kappa shape index (κ3) is 5.54. The first-order valence-corrected chi connectivity index (χ1v) is 8.36. The maximum absolute atomic E-state index is 11.7. The van der Waals surface area contributed by atoms with Crippen LogP contribution in [0.3, 0.4) is 0 Å². The van der Waals surface area contributed by atoms with Gasteiger partial charge in [0.25, 0.3) is 5.91 Å². The first-order valence-electron chi connectivity index (χ1n) is 6.78. The van der Waals surface area contributed by atoms with Crippen LogP contribution in [-0.4, -0.2) is 25.8 Å². The number of hydrogen-bond donors (Lipinski definition) is 1. The molecule has 0 radical (unpaired) electrons. The molecule has 0 saturated carbocycles. The molecular weight excluding hydrogens is 444 g/mol.